The lowest BCUT2D eigenvalue weighted by Gasteiger charge is -2.15. The molecule has 0 amide bonds. The molecule has 1 fully saturated rings. The van der Waals surface area contributed by atoms with Crippen LogP contribution in [-0.2, 0) is 6.18 Å². The van der Waals surface area contributed by atoms with Crippen LogP contribution in [-0.4, -0.2) is 21.0 Å². The van der Waals surface area contributed by atoms with Gasteiger partial charge in [0.25, 0.3) is 5.69 Å². The third-order valence-corrected chi connectivity index (χ3v) is 5.13. The lowest BCUT2D eigenvalue weighted by atomic mass is 10.2. The van der Waals surface area contributed by atoms with Crippen LogP contribution in [0.15, 0.2) is 54.7 Å². The van der Waals surface area contributed by atoms with Gasteiger partial charge in [0.15, 0.2) is 0 Å². The maximum Gasteiger partial charge on any atom is 0.421 e. The van der Waals surface area contributed by atoms with E-state index in [0.717, 1.165) is 31.7 Å². The van der Waals surface area contributed by atoms with Crippen LogP contribution >= 0.6 is 0 Å². The van der Waals surface area contributed by atoms with Gasteiger partial charge in [-0.2, -0.15) is 18.2 Å². The Morgan fingerprint density at radius 1 is 1.03 bits per heavy atom. The molecule has 4 rings (SSSR count). The quantitative estimate of drug-likeness (QED) is 0.320. The fourth-order valence-electron chi connectivity index (χ4n) is 3.52. The molecule has 1 heterocycles. The molecule has 8 nitrogen and oxygen atoms in total. The van der Waals surface area contributed by atoms with Crippen molar-refractivity contribution in [2.75, 3.05) is 10.6 Å². The lowest BCUT2D eigenvalue weighted by molar-refractivity contribution is -0.384. The van der Waals surface area contributed by atoms with E-state index in [9.17, 15) is 23.3 Å². The molecule has 3 aromatic rings. The van der Waals surface area contributed by atoms with Crippen molar-refractivity contribution in [3.8, 4) is 5.75 Å². The summed E-state index contributed by atoms with van der Waals surface area (Å²) in [5.74, 6) is 0.121. The Bertz CT molecular complexity index is 1130. The summed E-state index contributed by atoms with van der Waals surface area (Å²) in [6, 6.07) is 12.1. The van der Waals surface area contributed by atoms with Gasteiger partial charge >= 0.3 is 6.18 Å². The maximum absolute atomic E-state index is 13.5. The SMILES string of the molecule is O=[N+]([O-])c1cccc(Nc2nc(Nc3ccc(OC4CCCC4)cc3)ncc2C(F)(F)F)c1. The zero-order valence-electron chi connectivity index (χ0n) is 17.3. The Kier molecular flexibility index (Phi) is 6.29. The van der Waals surface area contributed by atoms with Crippen molar-refractivity contribution in [1.82, 2.24) is 9.97 Å². The highest BCUT2D eigenvalue weighted by atomic mass is 19.4. The molecule has 1 aromatic heterocycles. The third kappa shape index (κ3) is 5.68. The molecular formula is C22H20F3N5O3. The smallest absolute Gasteiger partial charge is 0.421 e. The van der Waals surface area contributed by atoms with E-state index in [1.165, 1.54) is 18.2 Å². The first-order chi connectivity index (χ1) is 15.8. The van der Waals surface area contributed by atoms with E-state index in [2.05, 4.69) is 20.6 Å². The average molecular weight is 459 g/mol. The van der Waals surface area contributed by atoms with Crippen molar-refractivity contribution in [1.29, 1.82) is 0 Å². The van der Waals surface area contributed by atoms with Crippen LogP contribution in [0.25, 0.3) is 0 Å². The summed E-state index contributed by atoms with van der Waals surface area (Å²) in [4.78, 5) is 18.1. The number of nitrogens with one attached hydrogen (secondary N) is 2. The van der Waals surface area contributed by atoms with E-state index in [-0.39, 0.29) is 23.4 Å². The molecule has 0 saturated heterocycles. The number of hydrogen-bond donors (Lipinski definition) is 2. The summed E-state index contributed by atoms with van der Waals surface area (Å²) in [6.45, 7) is 0. The van der Waals surface area contributed by atoms with Crippen molar-refractivity contribution in [2.45, 2.75) is 38.0 Å². The first kappa shape index (κ1) is 22.3. The molecule has 1 saturated carbocycles. The number of rotatable bonds is 7. The minimum absolute atomic E-state index is 0.0691. The van der Waals surface area contributed by atoms with Crippen LogP contribution in [0.5, 0.6) is 5.75 Å². The second-order valence-corrected chi connectivity index (χ2v) is 7.56. The van der Waals surface area contributed by atoms with E-state index in [1.807, 2.05) is 0 Å². The zero-order chi connectivity index (χ0) is 23.4. The van der Waals surface area contributed by atoms with Crippen LogP contribution in [0.3, 0.4) is 0 Å². The van der Waals surface area contributed by atoms with Gasteiger partial charge in [0.05, 0.1) is 11.0 Å². The van der Waals surface area contributed by atoms with Crippen molar-refractivity contribution >= 4 is 28.8 Å². The fraction of sp³-hybridized carbons (Fsp3) is 0.273. The number of ether oxygens (including phenoxy) is 1. The van der Waals surface area contributed by atoms with Gasteiger partial charge in [0.1, 0.15) is 17.1 Å². The Balaban J connectivity index is 1.54. The Morgan fingerprint density at radius 3 is 2.42 bits per heavy atom. The van der Waals surface area contributed by atoms with Gasteiger partial charge in [0.2, 0.25) is 5.95 Å². The molecule has 11 heteroatoms. The minimum atomic E-state index is -4.72. The number of non-ortho nitro benzene ring substituents is 1. The second-order valence-electron chi connectivity index (χ2n) is 7.56. The molecule has 0 unspecified atom stereocenters. The number of anilines is 4. The first-order valence-electron chi connectivity index (χ1n) is 10.3. The molecular weight excluding hydrogens is 439 g/mol. The lowest BCUT2D eigenvalue weighted by Crippen LogP contribution is -2.13. The van der Waals surface area contributed by atoms with Crippen LogP contribution in [0.2, 0.25) is 0 Å². The largest absolute Gasteiger partial charge is 0.490 e. The van der Waals surface area contributed by atoms with Gasteiger partial charge in [-0.3, -0.25) is 10.1 Å². The summed E-state index contributed by atoms with van der Waals surface area (Å²) in [5, 5.41) is 16.3. The van der Waals surface area contributed by atoms with Crippen LogP contribution < -0.4 is 15.4 Å². The number of halogens is 3. The van der Waals surface area contributed by atoms with E-state index >= 15 is 0 Å². The van der Waals surface area contributed by atoms with E-state index in [4.69, 9.17) is 4.74 Å². The Morgan fingerprint density at radius 2 is 1.76 bits per heavy atom. The highest BCUT2D eigenvalue weighted by molar-refractivity contribution is 5.64. The molecule has 1 aliphatic rings. The summed E-state index contributed by atoms with van der Waals surface area (Å²) in [7, 11) is 0. The Labute approximate surface area is 187 Å². The summed E-state index contributed by atoms with van der Waals surface area (Å²) in [6.07, 6.45) is 0.515. The molecule has 2 aromatic carbocycles. The minimum Gasteiger partial charge on any atom is -0.490 e. The summed E-state index contributed by atoms with van der Waals surface area (Å²) >= 11 is 0. The zero-order valence-corrected chi connectivity index (χ0v) is 17.3. The van der Waals surface area contributed by atoms with Gasteiger partial charge in [-0.1, -0.05) is 6.07 Å². The number of nitro benzene ring substituents is 1. The topological polar surface area (TPSA) is 102 Å². The summed E-state index contributed by atoms with van der Waals surface area (Å²) in [5.41, 5.74) is -0.705. The van der Waals surface area contributed by atoms with Gasteiger partial charge in [-0.25, -0.2) is 4.98 Å². The van der Waals surface area contributed by atoms with Crippen LogP contribution in [0.4, 0.5) is 42.0 Å². The number of nitro groups is 1. The number of benzene rings is 2. The summed E-state index contributed by atoms with van der Waals surface area (Å²) < 4.78 is 46.3. The van der Waals surface area contributed by atoms with Gasteiger partial charge in [-0.05, 0) is 56.0 Å². The van der Waals surface area contributed by atoms with E-state index in [1.54, 1.807) is 24.3 Å². The van der Waals surface area contributed by atoms with Gasteiger partial charge < -0.3 is 15.4 Å². The number of hydrogen-bond acceptors (Lipinski definition) is 7. The van der Waals surface area contributed by atoms with Crippen molar-refractivity contribution < 1.29 is 22.8 Å². The van der Waals surface area contributed by atoms with Crippen molar-refractivity contribution in [3.63, 3.8) is 0 Å². The van der Waals surface area contributed by atoms with Gasteiger partial charge in [-0.15, -0.1) is 0 Å². The molecule has 0 aliphatic heterocycles. The molecule has 0 bridgehead atoms. The Hall–Kier alpha value is -3.89. The molecule has 0 radical (unpaired) electrons. The van der Waals surface area contributed by atoms with E-state index in [0.29, 0.717) is 17.6 Å². The maximum atomic E-state index is 13.5. The normalized spacial score (nSPS) is 14.2. The first-order valence-corrected chi connectivity index (χ1v) is 10.3. The highest BCUT2D eigenvalue weighted by Gasteiger charge is 2.35. The molecule has 1 aliphatic carbocycles. The fourth-order valence-corrected chi connectivity index (χ4v) is 3.52. The molecule has 33 heavy (non-hydrogen) atoms. The second kappa shape index (κ2) is 9.31. The standard InChI is InChI=1S/C22H20F3N5O3/c23-22(24,25)19-13-26-21(29-20(19)27-15-4-3-5-16(12-15)30(31)32)28-14-8-10-18(11-9-14)33-17-6-1-2-7-17/h3-5,8-13,17H,1-2,6-7H2,(H2,26,27,28,29). The average Bonchev–Trinajstić information content (AvgIpc) is 3.28. The molecule has 172 valence electrons. The predicted octanol–water partition coefficient (Wildman–Crippen LogP) is 6.21. The predicted molar refractivity (Wildman–Crippen MR) is 116 cm³/mol. The van der Waals surface area contributed by atoms with Crippen molar-refractivity contribution in [2.24, 2.45) is 0 Å². The number of aromatic nitrogens is 2. The number of nitrogens with zero attached hydrogens (tertiary/aromatic N) is 3. The molecule has 0 atom stereocenters. The monoisotopic (exact) mass is 459 g/mol. The van der Waals surface area contributed by atoms with E-state index < -0.39 is 22.5 Å². The van der Waals surface area contributed by atoms with Crippen molar-refractivity contribution in [3.05, 3.63) is 70.4 Å². The molecule has 2 N–H and O–H groups in total. The van der Waals surface area contributed by atoms with Crippen LogP contribution in [0, 0.1) is 10.1 Å². The number of alkyl halides is 3. The third-order valence-electron chi connectivity index (χ3n) is 5.13. The molecule has 0 spiro atoms. The van der Waals surface area contributed by atoms with Crippen LogP contribution in [0.1, 0.15) is 31.2 Å². The highest BCUT2D eigenvalue weighted by Crippen LogP contribution is 2.36. The van der Waals surface area contributed by atoms with Gasteiger partial charge in [0, 0.05) is 29.7 Å².